The van der Waals surface area contributed by atoms with E-state index in [2.05, 4.69) is 140 Å². The van der Waals surface area contributed by atoms with Gasteiger partial charge >= 0.3 is 0 Å². The molecule has 0 fully saturated rings. The van der Waals surface area contributed by atoms with Crippen molar-refractivity contribution in [3.05, 3.63) is 176 Å². The molecule has 0 saturated carbocycles. The van der Waals surface area contributed by atoms with E-state index in [1.165, 1.54) is 10.3 Å². The maximum absolute atomic E-state index is 5.07. The molecule has 6 heteroatoms. The van der Waals surface area contributed by atoms with E-state index in [0.717, 1.165) is 71.3 Å². The monoisotopic (exact) mass is 695 g/mol. The molecule has 0 radical (unpaired) electrons. The zero-order valence-corrected chi connectivity index (χ0v) is 29.2. The second-order valence-corrected chi connectivity index (χ2v) is 14.0. The standard InChI is InChI=1S/C47H29N5S/c1-3-10-30(11-4-1)31-18-22-34(23-19-31)45-50-44(33-12-5-2-6-13-33)51-46(52-45)35-24-20-32(21-25-35)36-14-9-15-37(28-36)38-26-27-40-41(29-38)48-43-39-16-7-8-17-42(39)53-47(43)49-40/h1-29H. The summed E-state index contributed by atoms with van der Waals surface area (Å²) in [5, 5.41) is 1.15. The lowest BCUT2D eigenvalue weighted by molar-refractivity contribution is 1.07. The summed E-state index contributed by atoms with van der Waals surface area (Å²) < 4.78 is 1.21. The molecule has 0 saturated heterocycles. The summed E-state index contributed by atoms with van der Waals surface area (Å²) in [6.07, 6.45) is 0. The predicted octanol–water partition coefficient (Wildman–Crippen LogP) is 12.2. The minimum absolute atomic E-state index is 0.631. The summed E-state index contributed by atoms with van der Waals surface area (Å²) in [6, 6.07) is 60.7. The van der Waals surface area contributed by atoms with E-state index in [0.29, 0.717) is 17.5 Å². The molecule has 53 heavy (non-hydrogen) atoms. The van der Waals surface area contributed by atoms with E-state index in [-0.39, 0.29) is 0 Å². The summed E-state index contributed by atoms with van der Waals surface area (Å²) >= 11 is 1.69. The first-order chi connectivity index (χ1) is 26.2. The highest BCUT2D eigenvalue weighted by atomic mass is 32.1. The predicted molar refractivity (Wildman–Crippen MR) is 218 cm³/mol. The second-order valence-electron chi connectivity index (χ2n) is 13.0. The van der Waals surface area contributed by atoms with Crippen molar-refractivity contribution in [3.63, 3.8) is 0 Å². The third kappa shape index (κ3) is 5.91. The molecule has 5 nitrogen and oxygen atoms in total. The molecule has 0 bridgehead atoms. The minimum Gasteiger partial charge on any atom is -0.243 e. The highest BCUT2D eigenvalue weighted by Gasteiger charge is 2.14. The van der Waals surface area contributed by atoms with Crippen LogP contribution in [-0.4, -0.2) is 24.9 Å². The lowest BCUT2D eigenvalue weighted by Gasteiger charge is -2.10. The molecule has 0 aliphatic heterocycles. The fraction of sp³-hybridized carbons (Fsp3) is 0. The molecular formula is C47H29N5S. The maximum Gasteiger partial charge on any atom is 0.164 e. The van der Waals surface area contributed by atoms with E-state index < -0.39 is 0 Å². The third-order valence-electron chi connectivity index (χ3n) is 9.57. The average molecular weight is 696 g/mol. The molecule has 0 aliphatic carbocycles. The zero-order chi connectivity index (χ0) is 35.1. The van der Waals surface area contributed by atoms with Gasteiger partial charge in [-0.15, -0.1) is 11.3 Å². The first-order valence-electron chi connectivity index (χ1n) is 17.5. The Bertz CT molecular complexity index is 2920. The highest BCUT2D eigenvalue weighted by Crippen LogP contribution is 2.35. The van der Waals surface area contributed by atoms with Crippen LogP contribution in [0.5, 0.6) is 0 Å². The number of nitrogens with zero attached hydrogens (tertiary/aromatic N) is 5. The van der Waals surface area contributed by atoms with Crippen molar-refractivity contribution in [2.24, 2.45) is 0 Å². The van der Waals surface area contributed by atoms with E-state index in [4.69, 9.17) is 24.9 Å². The Kier molecular flexibility index (Phi) is 7.59. The second kappa shape index (κ2) is 13.0. The van der Waals surface area contributed by atoms with Crippen molar-refractivity contribution in [1.82, 2.24) is 24.9 Å². The molecule has 248 valence electrons. The summed E-state index contributed by atoms with van der Waals surface area (Å²) in [5.41, 5.74) is 12.3. The van der Waals surface area contributed by atoms with Crippen LogP contribution in [0.25, 0.3) is 99.0 Å². The van der Waals surface area contributed by atoms with E-state index in [1.807, 2.05) is 36.4 Å². The molecule has 0 unspecified atom stereocenters. The van der Waals surface area contributed by atoms with Gasteiger partial charge in [-0.05, 0) is 57.6 Å². The number of hydrogen-bond acceptors (Lipinski definition) is 6. The van der Waals surface area contributed by atoms with Crippen molar-refractivity contribution in [2.45, 2.75) is 0 Å². The van der Waals surface area contributed by atoms with Crippen molar-refractivity contribution in [3.8, 4) is 67.5 Å². The normalized spacial score (nSPS) is 11.4. The van der Waals surface area contributed by atoms with Crippen LogP contribution in [0, 0.1) is 0 Å². The summed E-state index contributed by atoms with van der Waals surface area (Å²) in [6.45, 7) is 0. The van der Waals surface area contributed by atoms with E-state index in [9.17, 15) is 0 Å². The SMILES string of the molecule is c1ccc(-c2ccc(-c3nc(-c4ccccc4)nc(-c4ccc(-c5cccc(-c6ccc7nc8sc9ccccc9c8nc7c6)c5)cc4)n3)cc2)cc1. The zero-order valence-electron chi connectivity index (χ0n) is 28.4. The Morgan fingerprint density at radius 1 is 0.302 bits per heavy atom. The van der Waals surface area contributed by atoms with Gasteiger partial charge < -0.3 is 0 Å². The van der Waals surface area contributed by atoms with Crippen LogP contribution in [-0.2, 0) is 0 Å². The van der Waals surface area contributed by atoms with Gasteiger partial charge in [0.15, 0.2) is 17.5 Å². The van der Waals surface area contributed by atoms with Crippen LogP contribution >= 0.6 is 11.3 Å². The van der Waals surface area contributed by atoms with Crippen molar-refractivity contribution < 1.29 is 0 Å². The van der Waals surface area contributed by atoms with Crippen LogP contribution in [0.2, 0.25) is 0 Å². The number of aromatic nitrogens is 5. The highest BCUT2D eigenvalue weighted by molar-refractivity contribution is 7.25. The van der Waals surface area contributed by atoms with Gasteiger partial charge in [0.25, 0.3) is 0 Å². The van der Waals surface area contributed by atoms with Crippen molar-refractivity contribution >= 4 is 42.8 Å². The van der Waals surface area contributed by atoms with Crippen LogP contribution in [0.15, 0.2) is 176 Å². The topological polar surface area (TPSA) is 64.5 Å². The Morgan fingerprint density at radius 2 is 0.755 bits per heavy atom. The molecule has 0 spiro atoms. The lowest BCUT2D eigenvalue weighted by Crippen LogP contribution is -2.00. The molecule has 0 N–H and O–H groups in total. The van der Waals surface area contributed by atoms with Gasteiger partial charge in [-0.3, -0.25) is 0 Å². The van der Waals surface area contributed by atoms with Gasteiger partial charge in [-0.2, -0.15) is 0 Å². The molecule has 7 aromatic carbocycles. The van der Waals surface area contributed by atoms with Gasteiger partial charge in [0.1, 0.15) is 10.3 Å². The number of thiophene rings is 1. The Morgan fingerprint density at radius 3 is 1.42 bits per heavy atom. The summed E-state index contributed by atoms with van der Waals surface area (Å²) in [5.74, 6) is 1.91. The van der Waals surface area contributed by atoms with Crippen LogP contribution in [0.3, 0.4) is 0 Å². The number of rotatable bonds is 6. The summed E-state index contributed by atoms with van der Waals surface area (Å²) in [7, 11) is 0. The number of fused-ring (bicyclic) bond motifs is 4. The van der Waals surface area contributed by atoms with Gasteiger partial charge in [0, 0.05) is 26.8 Å². The smallest absolute Gasteiger partial charge is 0.164 e. The van der Waals surface area contributed by atoms with E-state index in [1.54, 1.807) is 11.3 Å². The first-order valence-corrected chi connectivity index (χ1v) is 18.3. The molecule has 10 rings (SSSR count). The molecule has 0 atom stereocenters. The van der Waals surface area contributed by atoms with Crippen molar-refractivity contribution in [2.75, 3.05) is 0 Å². The van der Waals surface area contributed by atoms with Crippen LogP contribution in [0.4, 0.5) is 0 Å². The molecular weight excluding hydrogens is 667 g/mol. The van der Waals surface area contributed by atoms with Crippen molar-refractivity contribution in [1.29, 1.82) is 0 Å². The summed E-state index contributed by atoms with van der Waals surface area (Å²) in [4.78, 5) is 25.8. The maximum atomic E-state index is 5.07. The fourth-order valence-corrected chi connectivity index (χ4v) is 7.83. The van der Waals surface area contributed by atoms with Crippen LogP contribution in [0.1, 0.15) is 0 Å². The molecule has 0 amide bonds. The van der Waals surface area contributed by atoms with Gasteiger partial charge in [-0.25, -0.2) is 24.9 Å². The molecule has 0 aliphatic rings. The fourth-order valence-electron chi connectivity index (χ4n) is 6.80. The Labute approximate surface area is 310 Å². The quantitative estimate of drug-likeness (QED) is 0.173. The number of hydrogen-bond donors (Lipinski definition) is 0. The first kappa shape index (κ1) is 30.9. The van der Waals surface area contributed by atoms with Gasteiger partial charge in [0.05, 0.1) is 11.0 Å². The Hall–Kier alpha value is -6.89. The third-order valence-corrected chi connectivity index (χ3v) is 10.6. The largest absolute Gasteiger partial charge is 0.243 e. The van der Waals surface area contributed by atoms with Crippen LogP contribution < -0.4 is 0 Å². The van der Waals surface area contributed by atoms with Gasteiger partial charge in [-0.1, -0.05) is 152 Å². The molecule has 3 aromatic heterocycles. The average Bonchev–Trinajstić information content (AvgIpc) is 3.60. The Balaban J connectivity index is 0.978. The van der Waals surface area contributed by atoms with Gasteiger partial charge in [0.2, 0.25) is 0 Å². The minimum atomic E-state index is 0.631. The number of benzene rings is 7. The molecule has 3 heterocycles. The van der Waals surface area contributed by atoms with E-state index >= 15 is 0 Å². The molecule has 10 aromatic rings. The lowest BCUT2D eigenvalue weighted by atomic mass is 9.98.